The Hall–Kier alpha value is -1.59. The van der Waals surface area contributed by atoms with E-state index >= 15 is 0 Å². The van der Waals surface area contributed by atoms with Crippen LogP contribution in [-0.2, 0) is 6.54 Å². The van der Waals surface area contributed by atoms with E-state index in [1.807, 2.05) is 28.8 Å². The predicted molar refractivity (Wildman–Crippen MR) is 67.8 cm³/mol. The molecule has 0 bridgehead atoms. The molecule has 0 saturated carbocycles. The van der Waals surface area contributed by atoms with Gasteiger partial charge in [0.2, 0.25) is 0 Å². The van der Waals surface area contributed by atoms with Gasteiger partial charge in [0.15, 0.2) is 0 Å². The number of nitrogen functional groups attached to an aromatic ring is 1. The number of nitrogens with two attached hydrogens (primary N) is 1. The first-order chi connectivity index (χ1) is 8.33. The van der Waals surface area contributed by atoms with Gasteiger partial charge in [-0.2, -0.15) is 0 Å². The zero-order chi connectivity index (χ0) is 11.7. The van der Waals surface area contributed by atoms with Crippen LogP contribution in [0.4, 0.5) is 5.82 Å². The van der Waals surface area contributed by atoms with E-state index in [0.717, 1.165) is 49.9 Å². The number of nitrogens with zero attached hydrogens (tertiary/aromatic N) is 3. The van der Waals surface area contributed by atoms with Crippen molar-refractivity contribution in [1.29, 1.82) is 0 Å². The number of imidazole rings is 1. The van der Waals surface area contributed by atoms with Crippen LogP contribution in [-0.4, -0.2) is 40.5 Å². The summed E-state index contributed by atoms with van der Waals surface area (Å²) < 4.78 is 1.94. The number of anilines is 1. The van der Waals surface area contributed by atoms with E-state index < -0.39 is 0 Å². The molecule has 5 nitrogen and oxygen atoms in total. The van der Waals surface area contributed by atoms with Gasteiger partial charge >= 0.3 is 0 Å². The van der Waals surface area contributed by atoms with Crippen molar-refractivity contribution in [1.82, 2.24) is 19.6 Å². The lowest BCUT2D eigenvalue weighted by Crippen LogP contribution is -2.42. The van der Waals surface area contributed by atoms with E-state index in [4.69, 9.17) is 5.73 Å². The summed E-state index contributed by atoms with van der Waals surface area (Å²) >= 11 is 0. The van der Waals surface area contributed by atoms with Crippen molar-refractivity contribution in [3.8, 4) is 0 Å². The van der Waals surface area contributed by atoms with Gasteiger partial charge in [0.05, 0.1) is 5.69 Å². The number of hydrogen-bond acceptors (Lipinski definition) is 4. The molecule has 3 N–H and O–H groups in total. The molecule has 0 atom stereocenters. The molecule has 5 heteroatoms. The third kappa shape index (κ3) is 2.11. The van der Waals surface area contributed by atoms with Gasteiger partial charge in [-0.1, -0.05) is 6.07 Å². The molecule has 0 amide bonds. The number of pyridine rings is 1. The van der Waals surface area contributed by atoms with Gasteiger partial charge in [0.25, 0.3) is 0 Å². The van der Waals surface area contributed by atoms with Crippen LogP contribution in [0, 0.1) is 0 Å². The molecule has 0 radical (unpaired) electrons. The molecule has 2 aromatic rings. The summed E-state index contributed by atoms with van der Waals surface area (Å²) in [5.74, 6) is 0.738. The highest BCUT2D eigenvalue weighted by Gasteiger charge is 2.12. The Morgan fingerprint density at radius 2 is 2.12 bits per heavy atom. The normalized spacial score (nSPS) is 17.6. The molecular weight excluding hydrogens is 214 g/mol. The molecule has 0 aromatic carbocycles. The van der Waals surface area contributed by atoms with Crippen molar-refractivity contribution in [3.05, 3.63) is 30.1 Å². The number of piperazine rings is 1. The second-order valence-electron chi connectivity index (χ2n) is 4.44. The second kappa shape index (κ2) is 4.35. The minimum Gasteiger partial charge on any atom is -0.385 e. The zero-order valence-corrected chi connectivity index (χ0v) is 9.76. The average molecular weight is 231 g/mol. The van der Waals surface area contributed by atoms with Crippen molar-refractivity contribution < 1.29 is 0 Å². The fourth-order valence-corrected chi connectivity index (χ4v) is 2.26. The molecule has 1 aliphatic heterocycles. The van der Waals surface area contributed by atoms with E-state index in [-0.39, 0.29) is 0 Å². The number of nitrogens with one attached hydrogen (secondary N) is 1. The highest BCUT2D eigenvalue weighted by atomic mass is 15.2. The molecule has 1 saturated heterocycles. The summed E-state index contributed by atoms with van der Waals surface area (Å²) in [6, 6.07) is 5.81. The third-order valence-corrected chi connectivity index (χ3v) is 3.17. The molecule has 3 heterocycles. The molecular formula is C12H17N5. The average Bonchev–Trinajstić information content (AvgIpc) is 2.74. The SMILES string of the molecule is Nc1cccc2nc(CN3CCNCC3)cn12. The van der Waals surface area contributed by atoms with Crippen LogP contribution in [0.25, 0.3) is 5.65 Å². The topological polar surface area (TPSA) is 58.6 Å². The van der Waals surface area contributed by atoms with Crippen LogP contribution >= 0.6 is 0 Å². The molecule has 3 rings (SSSR count). The molecule has 0 spiro atoms. The largest absolute Gasteiger partial charge is 0.385 e. The van der Waals surface area contributed by atoms with Crippen LogP contribution in [0.2, 0.25) is 0 Å². The molecule has 0 unspecified atom stereocenters. The molecule has 0 aliphatic carbocycles. The van der Waals surface area contributed by atoms with E-state index in [9.17, 15) is 0 Å². The maximum atomic E-state index is 5.90. The van der Waals surface area contributed by atoms with Crippen LogP contribution in [0.5, 0.6) is 0 Å². The summed E-state index contributed by atoms with van der Waals surface area (Å²) in [7, 11) is 0. The maximum absolute atomic E-state index is 5.90. The van der Waals surface area contributed by atoms with E-state index in [0.29, 0.717) is 0 Å². The standard InChI is InChI=1S/C12H17N5/c13-11-2-1-3-12-15-10(9-17(11)12)8-16-6-4-14-5-7-16/h1-3,9,14H,4-8,13H2. The highest BCUT2D eigenvalue weighted by molar-refractivity contribution is 5.48. The zero-order valence-electron chi connectivity index (χ0n) is 9.76. The first kappa shape index (κ1) is 10.6. The van der Waals surface area contributed by atoms with Gasteiger partial charge < -0.3 is 11.1 Å². The van der Waals surface area contributed by atoms with Crippen LogP contribution in [0.3, 0.4) is 0 Å². The minimum atomic E-state index is 0.738. The number of hydrogen-bond donors (Lipinski definition) is 2. The van der Waals surface area contributed by atoms with E-state index in [1.165, 1.54) is 0 Å². The van der Waals surface area contributed by atoms with Gasteiger partial charge in [-0.05, 0) is 12.1 Å². The van der Waals surface area contributed by atoms with Crippen molar-refractivity contribution >= 4 is 11.5 Å². The number of rotatable bonds is 2. The fourth-order valence-electron chi connectivity index (χ4n) is 2.26. The number of aromatic nitrogens is 2. The fraction of sp³-hybridized carbons (Fsp3) is 0.417. The van der Waals surface area contributed by atoms with Gasteiger partial charge in [0.1, 0.15) is 11.5 Å². The van der Waals surface area contributed by atoms with Gasteiger partial charge in [-0.3, -0.25) is 9.30 Å². The molecule has 1 fully saturated rings. The quantitative estimate of drug-likeness (QED) is 0.781. The molecule has 90 valence electrons. The van der Waals surface area contributed by atoms with Crippen LogP contribution in [0.15, 0.2) is 24.4 Å². The van der Waals surface area contributed by atoms with Crippen molar-refractivity contribution in [2.75, 3.05) is 31.9 Å². The molecule has 1 aliphatic rings. The van der Waals surface area contributed by atoms with Crippen molar-refractivity contribution in [2.24, 2.45) is 0 Å². The monoisotopic (exact) mass is 231 g/mol. The predicted octanol–water partition coefficient (Wildman–Crippen LogP) is 0.322. The van der Waals surface area contributed by atoms with E-state index in [2.05, 4.69) is 15.2 Å². The summed E-state index contributed by atoms with van der Waals surface area (Å²) in [6.45, 7) is 5.21. The Morgan fingerprint density at radius 1 is 1.29 bits per heavy atom. The molecule has 17 heavy (non-hydrogen) atoms. The Balaban J connectivity index is 1.83. The maximum Gasteiger partial charge on any atom is 0.138 e. The third-order valence-electron chi connectivity index (χ3n) is 3.17. The lowest BCUT2D eigenvalue weighted by molar-refractivity contribution is 0.231. The van der Waals surface area contributed by atoms with Crippen molar-refractivity contribution in [3.63, 3.8) is 0 Å². The van der Waals surface area contributed by atoms with Crippen molar-refractivity contribution in [2.45, 2.75) is 6.54 Å². The summed E-state index contributed by atoms with van der Waals surface area (Å²) in [4.78, 5) is 7.00. The van der Waals surface area contributed by atoms with Crippen LogP contribution < -0.4 is 11.1 Å². The van der Waals surface area contributed by atoms with Gasteiger partial charge in [0, 0.05) is 38.9 Å². The summed E-state index contributed by atoms with van der Waals surface area (Å²) in [5, 5.41) is 3.35. The minimum absolute atomic E-state index is 0.738. The number of fused-ring (bicyclic) bond motifs is 1. The highest BCUT2D eigenvalue weighted by Crippen LogP contribution is 2.12. The Labute approximate surface area is 100 Å². The van der Waals surface area contributed by atoms with E-state index in [1.54, 1.807) is 0 Å². The van der Waals surface area contributed by atoms with Gasteiger partial charge in [-0.15, -0.1) is 0 Å². The molecule has 2 aromatic heterocycles. The Morgan fingerprint density at radius 3 is 2.88 bits per heavy atom. The first-order valence-electron chi connectivity index (χ1n) is 5.98. The smallest absolute Gasteiger partial charge is 0.138 e. The second-order valence-corrected chi connectivity index (χ2v) is 4.44. The van der Waals surface area contributed by atoms with Crippen LogP contribution in [0.1, 0.15) is 5.69 Å². The lowest BCUT2D eigenvalue weighted by atomic mass is 10.3. The van der Waals surface area contributed by atoms with Gasteiger partial charge in [-0.25, -0.2) is 4.98 Å². The lowest BCUT2D eigenvalue weighted by Gasteiger charge is -2.26. The summed E-state index contributed by atoms with van der Waals surface area (Å²) in [5.41, 5.74) is 7.92. The Kier molecular flexibility index (Phi) is 2.70. The first-order valence-corrected chi connectivity index (χ1v) is 5.98. The summed E-state index contributed by atoms with van der Waals surface area (Å²) in [6.07, 6.45) is 2.03. The Bertz CT molecular complexity index is 513.